The van der Waals surface area contributed by atoms with Crippen LogP contribution in [0.5, 0.6) is 0 Å². The van der Waals surface area contributed by atoms with Gasteiger partial charge in [0.25, 0.3) is 0 Å². The molecule has 0 aliphatic rings. The number of hydrogen-bond acceptors (Lipinski definition) is 4. The van der Waals surface area contributed by atoms with Crippen molar-refractivity contribution >= 4 is 27.5 Å². The number of anilines is 1. The van der Waals surface area contributed by atoms with Crippen LogP contribution >= 0.6 is 0 Å². The van der Waals surface area contributed by atoms with E-state index in [0.717, 1.165) is 39.2 Å². The number of amides is 2. The normalized spacial score (nSPS) is 12.2. The number of hydrogen-bond donors (Lipinski definition) is 1. The summed E-state index contributed by atoms with van der Waals surface area (Å²) in [5, 5.41) is 2.83. The third kappa shape index (κ3) is 6.81. The van der Waals surface area contributed by atoms with Crippen LogP contribution in [0.1, 0.15) is 42.5 Å². The fraction of sp³-hybridized carbons (Fsp3) is 0.440. The second-order valence-electron chi connectivity index (χ2n) is 8.40. The molecular formula is C25H35N3O4S. The molecule has 2 rings (SSSR count). The van der Waals surface area contributed by atoms with Crippen molar-refractivity contribution in [2.75, 3.05) is 23.7 Å². The van der Waals surface area contributed by atoms with Gasteiger partial charge in [-0.15, -0.1) is 0 Å². The molecular weight excluding hydrogens is 438 g/mol. The minimum atomic E-state index is -3.74. The lowest BCUT2D eigenvalue weighted by atomic mass is 10.1. The predicted octanol–water partition coefficient (Wildman–Crippen LogP) is 3.32. The minimum Gasteiger partial charge on any atom is -0.354 e. The molecule has 2 aromatic rings. The number of nitrogens with zero attached hydrogens (tertiary/aromatic N) is 2. The molecule has 0 saturated carbocycles. The third-order valence-electron chi connectivity index (χ3n) is 5.84. The van der Waals surface area contributed by atoms with E-state index >= 15 is 0 Å². The van der Waals surface area contributed by atoms with Crippen molar-refractivity contribution in [1.82, 2.24) is 10.2 Å². The standard InChI is InChI=1S/C25H35N3O4S/c1-7-15-26-25(30)21(5)27(16-22-13-9-8-11-19(22)3)24(29)17-28(33(6,31)32)23-14-10-12-18(2)20(23)4/h8-14,21H,7,15-17H2,1-6H3,(H,26,30). The van der Waals surface area contributed by atoms with Crippen LogP contribution in [-0.2, 0) is 26.2 Å². The lowest BCUT2D eigenvalue weighted by Gasteiger charge is -2.32. The van der Waals surface area contributed by atoms with Crippen molar-refractivity contribution in [2.45, 2.75) is 53.6 Å². The Labute approximate surface area is 197 Å². The van der Waals surface area contributed by atoms with E-state index < -0.39 is 22.0 Å². The SMILES string of the molecule is CCCNC(=O)C(C)N(Cc1ccccc1C)C(=O)CN(c1cccc(C)c1C)S(C)(=O)=O. The van der Waals surface area contributed by atoms with Crippen molar-refractivity contribution in [3.8, 4) is 0 Å². The molecule has 0 heterocycles. The fourth-order valence-electron chi connectivity index (χ4n) is 3.55. The number of nitrogens with one attached hydrogen (secondary N) is 1. The van der Waals surface area contributed by atoms with Gasteiger partial charge in [0.2, 0.25) is 21.8 Å². The Bertz CT molecular complexity index is 1100. The molecule has 1 atom stereocenters. The fourth-order valence-corrected chi connectivity index (χ4v) is 4.45. The predicted molar refractivity (Wildman–Crippen MR) is 133 cm³/mol. The molecule has 180 valence electrons. The van der Waals surface area contributed by atoms with E-state index in [9.17, 15) is 18.0 Å². The molecule has 33 heavy (non-hydrogen) atoms. The zero-order valence-corrected chi connectivity index (χ0v) is 21.2. The number of rotatable bonds is 10. The summed E-state index contributed by atoms with van der Waals surface area (Å²) in [6.07, 6.45) is 1.86. The smallest absolute Gasteiger partial charge is 0.244 e. The molecule has 0 saturated heterocycles. The van der Waals surface area contributed by atoms with Crippen molar-refractivity contribution in [2.24, 2.45) is 0 Å². The molecule has 0 spiro atoms. The second-order valence-corrected chi connectivity index (χ2v) is 10.3. The van der Waals surface area contributed by atoms with Crippen LogP contribution in [-0.4, -0.2) is 50.5 Å². The highest BCUT2D eigenvalue weighted by molar-refractivity contribution is 7.92. The van der Waals surface area contributed by atoms with E-state index in [4.69, 9.17) is 0 Å². The largest absolute Gasteiger partial charge is 0.354 e. The minimum absolute atomic E-state index is 0.205. The maximum Gasteiger partial charge on any atom is 0.244 e. The van der Waals surface area contributed by atoms with Crippen molar-refractivity contribution in [1.29, 1.82) is 0 Å². The van der Waals surface area contributed by atoms with Gasteiger partial charge in [-0.05, 0) is 62.4 Å². The Morgan fingerprint density at radius 1 is 1.00 bits per heavy atom. The maximum absolute atomic E-state index is 13.5. The molecule has 7 nitrogen and oxygen atoms in total. The number of benzene rings is 2. The zero-order chi connectivity index (χ0) is 24.8. The third-order valence-corrected chi connectivity index (χ3v) is 6.97. The lowest BCUT2D eigenvalue weighted by Crippen LogP contribution is -2.51. The van der Waals surface area contributed by atoms with Crippen LogP contribution < -0.4 is 9.62 Å². The molecule has 0 bridgehead atoms. The van der Waals surface area contributed by atoms with Gasteiger partial charge >= 0.3 is 0 Å². The van der Waals surface area contributed by atoms with Crippen molar-refractivity contribution < 1.29 is 18.0 Å². The maximum atomic E-state index is 13.5. The molecule has 2 amide bonds. The first-order chi connectivity index (χ1) is 15.5. The summed E-state index contributed by atoms with van der Waals surface area (Å²) in [7, 11) is -3.74. The zero-order valence-electron chi connectivity index (χ0n) is 20.4. The highest BCUT2D eigenvalue weighted by Gasteiger charge is 2.30. The van der Waals surface area contributed by atoms with Gasteiger partial charge in [-0.1, -0.05) is 43.3 Å². The van der Waals surface area contributed by atoms with Gasteiger partial charge in [0.15, 0.2) is 0 Å². The van der Waals surface area contributed by atoms with Crippen molar-refractivity contribution in [3.05, 3.63) is 64.7 Å². The van der Waals surface area contributed by atoms with Crippen LogP contribution in [0.4, 0.5) is 5.69 Å². The molecule has 2 aromatic carbocycles. The van der Waals surface area contributed by atoms with E-state index in [1.54, 1.807) is 19.1 Å². The number of carbonyl (C=O) groups is 2. The van der Waals surface area contributed by atoms with E-state index in [1.807, 2.05) is 58.0 Å². The number of carbonyl (C=O) groups excluding carboxylic acids is 2. The summed E-state index contributed by atoms with van der Waals surface area (Å²) in [6.45, 7) is 9.62. The second kappa shape index (κ2) is 11.3. The Hall–Kier alpha value is -2.87. The molecule has 0 aliphatic carbocycles. The average Bonchev–Trinajstić information content (AvgIpc) is 2.76. The first-order valence-corrected chi connectivity index (χ1v) is 13.0. The Balaban J connectivity index is 2.43. The van der Waals surface area contributed by atoms with E-state index in [0.29, 0.717) is 12.2 Å². The quantitative estimate of drug-likeness (QED) is 0.574. The van der Waals surface area contributed by atoms with Crippen molar-refractivity contribution in [3.63, 3.8) is 0 Å². The van der Waals surface area contributed by atoms with Gasteiger partial charge in [0, 0.05) is 13.1 Å². The van der Waals surface area contributed by atoms with E-state index in [-0.39, 0.29) is 19.0 Å². The van der Waals surface area contributed by atoms with Gasteiger partial charge < -0.3 is 10.2 Å². The lowest BCUT2D eigenvalue weighted by molar-refractivity contribution is -0.139. The summed E-state index contributed by atoms with van der Waals surface area (Å²) < 4.78 is 26.5. The summed E-state index contributed by atoms with van der Waals surface area (Å²) >= 11 is 0. The molecule has 0 radical (unpaired) electrons. The molecule has 0 aliphatic heterocycles. The summed E-state index contributed by atoms with van der Waals surface area (Å²) in [4.78, 5) is 27.7. The Kier molecular flexibility index (Phi) is 9.05. The molecule has 0 aromatic heterocycles. The topological polar surface area (TPSA) is 86.8 Å². The van der Waals surface area contributed by atoms with Crippen LogP contribution in [0.15, 0.2) is 42.5 Å². The van der Waals surface area contributed by atoms with E-state index in [2.05, 4.69) is 5.32 Å². The van der Waals surface area contributed by atoms with Gasteiger partial charge in [-0.2, -0.15) is 0 Å². The van der Waals surface area contributed by atoms with Gasteiger partial charge in [0.05, 0.1) is 11.9 Å². The van der Waals surface area contributed by atoms with Gasteiger partial charge in [-0.25, -0.2) is 8.42 Å². The molecule has 8 heteroatoms. The summed E-state index contributed by atoms with van der Waals surface area (Å²) in [5.74, 6) is -0.708. The Morgan fingerprint density at radius 2 is 1.64 bits per heavy atom. The molecule has 1 unspecified atom stereocenters. The first kappa shape index (κ1) is 26.4. The van der Waals surface area contributed by atoms with Crippen LogP contribution in [0.3, 0.4) is 0 Å². The molecule has 1 N–H and O–H groups in total. The average molecular weight is 474 g/mol. The Morgan fingerprint density at radius 3 is 2.24 bits per heavy atom. The summed E-state index contributed by atoms with van der Waals surface area (Å²) in [5.41, 5.74) is 4.07. The first-order valence-electron chi connectivity index (χ1n) is 11.1. The number of aryl methyl sites for hydroxylation is 2. The monoisotopic (exact) mass is 473 g/mol. The highest BCUT2D eigenvalue weighted by atomic mass is 32.2. The number of sulfonamides is 1. The van der Waals surface area contributed by atoms with Gasteiger partial charge in [-0.3, -0.25) is 13.9 Å². The van der Waals surface area contributed by atoms with E-state index in [1.165, 1.54) is 4.90 Å². The van der Waals surface area contributed by atoms with Crippen LogP contribution in [0.2, 0.25) is 0 Å². The summed E-state index contributed by atoms with van der Waals surface area (Å²) in [6, 6.07) is 12.2. The molecule has 0 fully saturated rings. The van der Waals surface area contributed by atoms with Gasteiger partial charge in [0.1, 0.15) is 12.6 Å². The van der Waals surface area contributed by atoms with Crippen LogP contribution in [0.25, 0.3) is 0 Å². The highest BCUT2D eigenvalue weighted by Crippen LogP contribution is 2.25. The van der Waals surface area contributed by atoms with Crippen LogP contribution in [0, 0.1) is 20.8 Å².